The Morgan fingerprint density at radius 1 is 0.893 bits per heavy atom. The van der Waals surface area contributed by atoms with E-state index in [0.29, 0.717) is 22.3 Å². The SMILES string of the molecule is Cc1cc(N(C)C)nc(Nc2ccc(NC(=O)Nc3ccc(Cl)cc3)cc2)n1. The van der Waals surface area contributed by atoms with E-state index in [1.54, 1.807) is 36.4 Å². The lowest BCUT2D eigenvalue weighted by Crippen LogP contribution is -2.19. The molecule has 1 heterocycles. The van der Waals surface area contributed by atoms with Crippen molar-refractivity contribution < 1.29 is 4.79 Å². The second-order valence-corrected chi connectivity index (χ2v) is 6.81. The van der Waals surface area contributed by atoms with Crippen LogP contribution in [0.3, 0.4) is 0 Å². The molecule has 3 rings (SSSR count). The highest BCUT2D eigenvalue weighted by Gasteiger charge is 2.06. The van der Waals surface area contributed by atoms with E-state index < -0.39 is 0 Å². The predicted octanol–water partition coefficient (Wildman–Crippen LogP) is 4.89. The largest absolute Gasteiger partial charge is 0.363 e. The average Bonchev–Trinajstić information content (AvgIpc) is 2.65. The molecule has 28 heavy (non-hydrogen) atoms. The van der Waals surface area contributed by atoms with Gasteiger partial charge in [0.25, 0.3) is 0 Å². The lowest BCUT2D eigenvalue weighted by Gasteiger charge is -2.14. The number of halogens is 1. The molecule has 8 heteroatoms. The summed E-state index contributed by atoms with van der Waals surface area (Å²) in [6, 6.07) is 15.8. The molecule has 144 valence electrons. The van der Waals surface area contributed by atoms with Gasteiger partial charge in [0, 0.05) is 47.9 Å². The van der Waals surface area contributed by atoms with Gasteiger partial charge in [-0.15, -0.1) is 0 Å². The third-order valence-corrected chi connectivity index (χ3v) is 4.05. The number of rotatable bonds is 5. The van der Waals surface area contributed by atoms with Gasteiger partial charge in [-0.25, -0.2) is 9.78 Å². The first kappa shape index (κ1) is 19.4. The number of hydrogen-bond acceptors (Lipinski definition) is 5. The summed E-state index contributed by atoms with van der Waals surface area (Å²) in [6.45, 7) is 1.92. The van der Waals surface area contributed by atoms with Gasteiger partial charge in [0.05, 0.1) is 0 Å². The van der Waals surface area contributed by atoms with Crippen LogP contribution in [-0.4, -0.2) is 30.1 Å². The van der Waals surface area contributed by atoms with Crippen LogP contribution in [0, 0.1) is 6.92 Å². The van der Waals surface area contributed by atoms with Crippen LogP contribution in [0.2, 0.25) is 5.02 Å². The van der Waals surface area contributed by atoms with E-state index in [1.165, 1.54) is 0 Å². The van der Waals surface area contributed by atoms with Crippen molar-refractivity contribution in [1.82, 2.24) is 9.97 Å². The van der Waals surface area contributed by atoms with Crippen molar-refractivity contribution in [3.8, 4) is 0 Å². The molecule has 0 aliphatic carbocycles. The first-order valence-corrected chi connectivity index (χ1v) is 9.00. The summed E-state index contributed by atoms with van der Waals surface area (Å²) in [7, 11) is 3.86. The molecule has 0 saturated carbocycles. The Kier molecular flexibility index (Phi) is 5.96. The minimum absolute atomic E-state index is 0.333. The molecule has 0 atom stereocenters. The minimum Gasteiger partial charge on any atom is -0.363 e. The van der Waals surface area contributed by atoms with Gasteiger partial charge in [-0.1, -0.05) is 11.6 Å². The van der Waals surface area contributed by atoms with E-state index >= 15 is 0 Å². The van der Waals surface area contributed by atoms with E-state index in [4.69, 9.17) is 11.6 Å². The number of anilines is 5. The zero-order valence-electron chi connectivity index (χ0n) is 15.8. The van der Waals surface area contributed by atoms with Crippen molar-refractivity contribution in [2.45, 2.75) is 6.92 Å². The predicted molar refractivity (Wildman–Crippen MR) is 115 cm³/mol. The minimum atomic E-state index is -0.333. The maximum atomic E-state index is 12.1. The zero-order chi connectivity index (χ0) is 20.1. The van der Waals surface area contributed by atoms with Crippen molar-refractivity contribution in [3.05, 3.63) is 65.3 Å². The first-order chi connectivity index (χ1) is 13.4. The van der Waals surface area contributed by atoms with Crippen molar-refractivity contribution >= 4 is 46.5 Å². The van der Waals surface area contributed by atoms with Gasteiger partial charge in [-0.3, -0.25) is 0 Å². The van der Waals surface area contributed by atoms with Crippen LogP contribution in [0.25, 0.3) is 0 Å². The molecule has 0 radical (unpaired) electrons. The molecule has 0 bridgehead atoms. The summed E-state index contributed by atoms with van der Waals surface area (Å²) >= 11 is 5.84. The number of carbonyl (C=O) groups is 1. The number of carbonyl (C=O) groups excluding carboxylic acids is 1. The number of amides is 2. The van der Waals surface area contributed by atoms with Crippen molar-refractivity contribution in [3.63, 3.8) is 0 Å². The van der Waals surface area contributed by atoms with Crippen LogP contribution in [0.1, 0.15) is 5.69 Å². The van der Waals surface area contributed by atoms with E-state index in [1.807, 2.05) is 44.1 Å². The normalized spacial score (nSPS) is 10.3. The van der Waals surface area contributed by atoms with Crippen LogP contribution in [-0.2, 0) is 0 Å². The van der Waals surface area contributed by atoms with E-state index in [0.717, 1.165) is 17.2 Å². The highest BCUT2D eigenvalue weighted by atomic mass is 35.5. The Hall–Kier alpha value is -3.32. The van der Waals surface area contributed by atoms with Crippen molar-refractivity contribution in [1.29, 1.82) is 0 Å². The van der Waals surface area contributed by atoms with Gasteiger partial charge in [-0.05, 0) is 55.5 Å². The lowest BCUT2D eigenvalue weighted by molar-refractivity contribution is 0.262. The Labute approximate surface area is 168 Å². The molecule has 7 nitrogen and oxygen atoms in total. The highest BCUT2D eigenvalue weighted by molar-refractivity contribution is 6.30. The Bertz CT molecular complexity index is 957. The third kappa shape index (κ3) is 5.34. The fourth-order valence-corrected chi connectivity index (χ4v) is 2.56. The van der Waals surface area contributed by atoms with Gasteiger partial charge in [0.15, 0.2) is 0 Å². The maximum absolute atomic E-state index is 12.1. The quantitative estimate of drug-likeness (QED) is 0.571. The van der Waals surface area contributed by atoms with Gasteiger partial charge in [0.1, 0.15) is 5.82 Å². The standard InChI is InChI=1S/C20H21ClN6O/c1-13-12-18(27(2)3)26-19(22-13)23-15-8-10-17(11-9-15)25-20(28)24-16-6-4-14(21)5-7-16/h4-12H,1-3H3,(H,22,23,26)(H2,24,25,28). The summed E-state index contributed by atoms with van der Waals surface area (Å²) in [5.41, 5.74) is 3.02. The number of aryl methyl sites for hydroxylation is 1. The van der Waals surface area contributed by atoms with Gasteiger partial charge in [0.2, 0.25) is 5.95 Å². The smallest absolute Gasteiger partial charge is 0.323 e. The monoisotopic (exact) mass is 396 g/mol. The second kappa shape index (κ2) is 8.58. The Morgan fingerprint density at radius 2 is 1.43 bits per heavy atom. The van der Waals surface area contributed by atoms with Gasteiger partial charge >= 0.3 is 6.03 Å². The summed E-state index contributed by atoms with van der Waals surface area (Å²) in [5, 5.41) is 9.32. The molecule has 0 aliphatic heterocycles. The summed E-state index contributed by atoms with van der Waals surface area (Å²) in [4.78, 5) is 22.9. The van der Waals surface area contributed by atoms with E-state index in [-0.39, 0.29) is 6.03 Å². The second-order valence-electron chi connectivity index (χ2n) is 6.37. The Balaban J connectivity index is 1.62. The molecule has 1 aromatic heterocycles. The number of nitrogens with one attached hydrogen (secondary N) is 3. The molecule has 0 aliphatic rings. The summed E-state index contributed by atoms with van der Waals surface area (Å²) in [5.74, 6) is 1.34. The molecule has 0 spiro atoms. The zero-order valence-corrected chi connectivity index (χ0v) is 16.6. The lowest BCUT2D eigenvalue weighted by atomic mass is 10.3. The number of hydrogen-bond donors (Lipinski definition) is 3. The molecule has 2 amide bonds. The molecule has 0 unspecified atom stereocenters. The van der Waals surface area contributed by atoms with Crippen LogP contribution in [0.4, 0.5) is 33.6 Å². The van der Waals surface area contributed by atoms with Gasteiger partial charge in [-0.2, -0.15) is 4.98 Å². The van der Waals surface area contributed by atoms with Crippen LogP contribution in [0.5, 0.6) is 0 Å². The van der Waals surface area contributed by atoms with Crippen LogP contribution >= 0.6 is 11.6 Å². The third-order valence-electron chi connectivity index (χ3n) is 3.80. The molecule has 0 fully saturated rings. The average molecular weight is 397 g/mol. The van der Waals surface area contributed by atoms with Crippen molar-refractivity contribution in [2.75, 3.05) is 34.9 Å². The highest BCUT2D eigenvalue weighted by Crippen LogP contribution is 2.19. The summed E-state index contributed by atoms with van der Waals surface area (Å²) in [6.07, 6.45) is 0. The molecular weight excluding hydrogens is 376 g/mol. The topological polar surface area (TPSA) is 82.2 Å². The molecule has 3 aromatic rings. The number of nitrogens with zero attached hydrogens (tertiary/aromatic N) is 3. The van der Waals surface area contributed by atoms with Gasteiger partial charge < -0.3 is 20.9 Å². The maximum Gasteiger partial charge on any atom is 0.323 e. The first-order valence-electron chi connectivity index (χ1n) is 8.63. The number of benzene rings is 2. The molecule has 2 aromatic carbocycles. The summed E-state index contributed by atoms with van der Waals surface area (Å²) < 4.78 is 0. The molecular formula is C20H21ClN6O. The number of urea groups is 1. The number of aromatic nitrogens is 2. The van der Waals surface area contributed by atoms with E-state index in [9.17, 15) is 4.79 Å². The fourth-order valence-electron chi connectivity index (χ4n) is 2.43. The fraction of sp³-hybridized carbons (Fsp3) is 0.150. The molecule has 0 saturated heterocycles. The molecule has 3 N–H and O–H groups in total. The Morgan fingerprint density at radius 3 is 2.00 bits per heavy atom. The van der Waals surface area contributed by atoms with Crippen LogP contribution < -0.4 is 20.9 Å². The van der Waals surface area contributed by atoms with E-state index in [2.05, 4.69) is 25.9 Å². The van der Waals surface area contributed by atoms with Crippen LogP contribution in [0.15, 0.2) is 54.6 Å². The van der Waals surface area contributed by atoms with Crippen molar-refractivity contribution in [2.24, 2.45) is 0 Å².